The first kappa shape index (κ1) is 22.1. The predicted molar refractivity (Wildman–Crippen MR) is 101 cm³/mol. The zero-order valence-electron chi connectivity index (χ0n) is 15.1. The molecule has 0 aliphatic heterocycles. The van der Waals surface area contributed by atoms with Crippen LogP contribution in [0.25, 0.3) is 11.2 Å². The second-order valence-corrected chi connectivity index (χ2v) is 7.06. The quantitative estimate of drug-likeness (QED) is 0.534. The van der Waals surface area contributed by atoms with E-state index < -0.39 is 5.79 Å². The molecule has 142 valence electrons. The fourth-order valence-electron chi connectivity index (χ4n) is 2.67. The van der Waals surface area contributed by atoms with Gasteiger partial charge >= 0.3 is 0 Å². The number of imidazole rings is 1. The minimum absolute atomic E-state index is 0.248. The fraction of sp³-hybridized carbons (Fsp3) is 0.647. The van der Waals surface area contributed by atoms with Crippen molar-refractivity contribution < 1.29 is 15.3 Å². The van der Waals surface area contributed by atoms with Crippen molar-refractivity contribution >= 4 is 34.4 Å². The summed E-state index contributed by atoms with van der Waals surface area (Å²) in [5.41, 5.74) is 1.42. The van der Waals surface area contributed by atoms with E-state index in [1.54, 1.807) is 12.4 Å². The molecule has 2 aromatic rings. The topological polar surface area (TPSA) is 91.4 Å². The number of nitrogens with zero attached hydrogens (tertiary/aromatic N) is 3. The third kappa shape index (κ3) is 6.72. The first-order valence-electron chi connectivity index (χ1n) is 8.43. The van der Waals surface area contributed by atoms with Crippen LogP contribution in [0.3, 0.4) is 0 Å². The third-order valence-electron chi connectivity index (χ3n) is 3.62. The molecule has 0 spiro atoms. The van der Waals surface area contributed by atoms with E-state index in [0.717, 1.165) is 24.9 Å². The first-order chi connectivity index (χ1) is 11.7. The van der Waals surface area contributed by atoms with Gasteiger partial charge in [0.1, 0.15) is 10.7 Å². The van der Waals surface area contributed by atoms with E-state index >= 15 is 0 Å². The van der Waals surface area contributed by atoms with Gasteiger partial charge in [-0.3, -0.25) is 0 Å². The molecule has 1 aliphatic carbocycles. The van der Waals surface area contributed by atoms with Crippen molar-refractivity contribution in [1.29, 1.82) is 0 Å². The van der Waals surface area contributed by atoms with Crippen LogP contribution in [0.2, 0.25) is 10.2 Å². The van der Waals surface area contributed by atoms with Gasteiger partial charge in [0.25, 0.3) is 0 Å². The van der Waals surface area contributed by atoms with Crippen LogP contribution < -0.4 is 0 Å². The van der Waals surface area contributed by atoms with E-state index in [1.165, 1.54) is 13.8 Å². The van der Waals surface area contributed by atoms with E-state index in [2.05, 4.69) is 9.97 Å². The second kappa shape index (κ2) is 9.69. The molecule has 0 amide bonds. The Morgan fingerprint density at radius 2 is 1.84 bits per heavy atom. The molecule has 0 radical (unpaired) electrons. The lowest BCUT2D eigenvalue weighted by Crippen LogP contribution is -2.15. The minimum Gasteiger partial charge on any atom is -0.396 e. The number of hydrogen-bond acceptors (Lipinski definition) is 5. The van der Waals surface area contributed by atoms with Crippen LogP contribution in [0, 0.1) is 5.92 Å². The van der Waals surface area contributed by atoms with Gasteiger partial charge in [0, 0.05) is 12.6 Å². The third-order valence-corrected chi connectivity index (χ3v) is 4.10. The SMILES string of the molecule is CC.CC(C)(O)O.OCC1CCC(n2cnc3c(Cl)cc(Cl)nc32)C1. The molecule has 2 atom stereocenters. The van der Waals surface area contributed by atoms with E-state index in [-0.39, 0.29) is 6.61 Å². The average Bonchev–Trinajstić information content (AvgIpc) is 3.13. The largest absolute Gasteiger partial charge is 0.396 e. The molecule has 1 saturated carbocycles. The van der Waals surface area contributed by atoms with Crippen LogP contribution in [0.15, 0.2) is 12.4 Å². The Bertz CT molecular complexity index is 665. The molecular formula is C17H27Cl2N3O3. The molecule has 6 nitrogen and oxygen atoms in total. The van der Waals surface area contributed by atoms with Crippen LogP contribution >= 0.6 is 23.2 Å². The van der Waals surface area contributed by atoms with Crippen LogP contribution in [0.1, 0.15) is 53.0 Å². The van der Waals surface area contributed by atoms with E-state index in [0.29, 0.717) is 27.7 Å². The number of aliphatic hydroxyl groups excluding tert-OH is 1. The highest BCUT2D eigenvalue weighted by molar-refractivity contribution is 6.37. The summed E-state index contributed by atoms with van der Waals surface area (Å²) in [5.74, 6) is -1.12. The maximum atomic E-state index is 9.20. The lowest BCUT2D eigenvalue weighted by atomic mass is 10.1. The van der Waals surface area contributed by atoms with E-state index in [9.17, 15) is 5.11 Å². The fourth-order valence-corrected chi connectivity index (χ4v) is 3.16. The molecule has 3 N–H and O–H groups in total. The maximum absolute atomic E-state index is 9.20. The summed E-state index contributed by atoms with van der Waals surface area (Å²) in [7, 11) is 0. The monoisotopic (exact) mass is 391 g/mol. The van der Waals surface area contributed by atoms with Crippen molar-refractivity contribution in [1.82, 2.24) is 14.5 Å². The van der Waals surface area contributed by atoms with Gasteiger partial charge in [-0.15, -0.1) is 0 Å². The Kier molecular flexibility index (Phi) is 8.57. The summed E-state index contributed by atoms with van der Waals surface area (Å²) in [4.78, 5) is 8.61. The highest BCUT2D eigenvalue weighted by Crippen LogP contribution is 2.36. The van der Waals surface area contributed by atoms with Gasteiger partial charge in [-0.05, 0) is 45.1 Å². The predicted octanol–water partition coefficient (Wildman–Crippen LogP) is 3.80. The summed E-state index contributed by atoms with van der Waals surface area (Å²) in [5, 5.41) is 26.3. The normalized spacial score (nSPS) is 19.9. The first-order valence-corrected chi connectivity index (χ1v) is 9.18. The van der Waals surface area contributed by atoms with Crippen molar-refractivity contribution in [3.05, 3.63) is 22.6 Å². The zero-order chi connectivity index (χ0) is 19.2. The van der Waals surface area contributed by atoms with Crippen LogP contribution in [-0.4, -0.2) is 42.2 Å². The standard InChI is InChI=1S/C12H13Cl2N3O.C3H8O2.C2H6/c13-9-4-10(14)16-12-11(9)15-6-17(12)8-2-1-7(3-8)5-18;1-3(2,4)5;1-2/h4,6-8,18H,1-3,5H2;4-5H,1-2H3;1-2H3. The number of aliphatic hydroxyl groups is 3. The van der Waals surface area contributed by atoms with Crippen molar-refractivity contribution in [2.24, 2.45) is 5.92 Å². The molecule has 3 rings (SSSR count). The van der Waals surface area contributed by atoms with Gasteiger partial charge < -0.3 is 19.9 Å². The molecule has 0 aromatic carbocycles. The molecule has 1 fully saturated rings. The van der Waals surface area contributed by atoms with Gasteiger partial charge in [-0.25, -0.2) is 9.97 Å². The van der Waals surface area contributed by atoms with E-state index in [1.807, 2.05) is 18.4 Å². The Labute approximate surface area is 158 Å². The number of aromatic nitrogens is 3. The summed E-state index contributed by atoms with van der Waals surface area (Å²) in [6.45, 7) is 6.85. The molecular weight excluding hydrogens is 365 g/mol. The maximum Gasteiger partial charge on any atom is 0.163 e. The molecule has 8 heteroatoms. The number of rotatable bonds is 2. The van der Waals surface area contributed by atoms with E-state index in [4.69, 9.17) is 33.4 Å². The molecule has 2 unspecified atom stereocenters. The van der Waals surface area contributed by atoms with Gasteiger partial charge in [0.2, 0.25) is 0 Å². The van der Waals surface area contributed by atoms with Gasteiger partial charge in [-0.2, -0.15) is 0 Å². The van der Waals surface area contributed by atoms with Crippen LogP contribution in [0.4, 0.5) is 0 Å². The number of halogens is 2. The van der Waals surface area contributed by atoms with Gasteiger partial charge in [0.15, 0.2) is 11.4 Å². The smallest absolute Gasteiger partial charge is 0.163 e. The molecule has 2 heterocycles. The summed E-state index contributed by atoms with van der Waals surface area (Å²) < 4.78 is 2.03. The van der Waals surface area contributed by atoms with Crippen LogP contribution in [0.5, 0.6) is 0 Å². The van der Waals surface area contributed by atoms with Crippen molar-refractivity contribution in [2.75, 3.05) is 6.61 Å². The van der Waals surface area contributed by atoms with Gasteiger partial charge in [-0.1, -0.05) is 37.0 Å². The Balaban J connectivity index is 0.000000388. The van der Waals surface area contributed by atoms with Crippen molar-refractivity contribution in [3.63, 3.8) is 0 Å². The highest BCUT2D eigenvalue weighted by Gasteiger charge is 2.27. The van der Waals surface area contributed by atoms with Crippen LogP contribution in [-0.2, 0) is 0 Å². The molecule has 1 aliphatic rings. The summed E-state index contributed by atoms with van der Waals surface area (Å²) >= 11 is 12.0. The number of pyridine rings is 1. The second-order valence-electron chi connectivity index (χ2n) is 6.26. The van der Waals surface area contributed by atoms with Crippen molar-refractivity contribution in [2.45, 2.75) is 58.8 Å². The average molecular weight is 392 g/mol. The Morgan fingerprint density at radius 1 is 1.24 bits per heavy atom. The van der Waals surface area contributed by atoms with Gasteiger partial charge in [0.05, 0.1) is 11.3 Å². The molecule has 25 heavy (non-hydrogen) atoms. The number of hydrogen-bond donors (Lipinski definition) is 3. The highest BCUT2D eigenvalue weighted by atomic mass is 35.5. The zero-order valence-corrected chi connectivity index (χ0v) is 16.6. The lowest BCUT2D eigenvalue weighted by Gasteiger charge is -2.12. The summed E-state index contributed by atoms with van der Waals surface area (Å²) in [6.07, 6.45) is 4.79. The minimum atomic E-state index is -1.50. The Hall–Kier alpha value is -0.920. The lowest BCUT2D eigenvalue weighted by molar-refractivity contribution is -0.127. The number of fused-ring (bicyclic) bond motifs is 1. The molecule has 2 aromatic heterocycles. The molecule has 0 saturated heterocycles. The molecule has 0 bridgehead atoms. The van der Waals surface area contributed by atoms with Crippen molar-refractivity contribution in [3.8, 4) is 0 Å². The summed E-state index contributed by atoms with van der Waals surface area (Å²) in [6, 6.07) is 1.93. The Morgan fingerprint density at radius 3 is 2.36 bits per heavy atom.